The smallest absolute Gasteiger partial charge is 0.296 e. The maximum absolute atomic E-state index is 12.2. The molecule has 0 aliphatic rings. The van der Waals surface area contributed by atoms with Gasteiger partial charge in [0, 0.05) is 10.9 Å². The van der Waals surface area contributed by atoms with Crippen LogP contribution in [0.2, 0.25) is 0 Å². The molecule has 1 N–H and O–H groups in total. The molecule has 140 valence electrons. The van der Waals surface area contributed by atoms with Gasteiger partial charge in [0.25, 0.3) is 5.69 Å². The van der Waals surface area contributed by atoms with Gasteiger partial charge in [-0.2, -0.15) is 0 Å². The highest BCUT2D eigenvalue weighted by molar-refractivity contribution is 7.10. The van der Waals surface area contributed by atoms with E-state index in [-0.39, 0.29) is 23.7 Å². The van der Waals surface area contributed by atoms with Gasteiger partial charge in [-0.3, -0.25) is 14.9 Å². The second-order valence-corrected chi connectivity index (χ2v) is 6.61. The molecule has 0 saturated heterocycles. The molecule has 0 fully saturated rings. The number of ether oxygens (including phenoxy) is 2. The van der Waals surface area contributed by atoms with Crippen LogP contribution < -0.4 is 14.8 Å². The molecular formula is C18H22N2O5S. The molecule has 0 radical (unpaired) electrons. The molecule has 0 spiro atoms. The Bertz CT molecular complexity index is 746. The first-order chi connectivity index (χ1) is 12.5. The largest absolute Gasteiger partial charge is 0.490 e. The van der Waals surface area contributed by atoms with Gasteiger partial charge in [0.2, 0.25) is 5.91 Å². The van der Waals surface area contributed by atoms with Gasteiger partial charge in [-0.15, -0.1) is 11.3 Å². The van der Waals surface area contributed by atoms with Gasteiger partial charge < -0.3 is 14.8 Å². The zero-order chi connectivity index (χ0) is 18.9. The third kappa shape index (κ3) is 5.45. The number of amides is 1. The molecule has 2 aromatic rings. The SMILES string of the molecule is CCCOc1cc(NC(=O)Cc2cccs2)c([N+](=O)[O-])cc1OCCC. The molecule has 0 bridgehead atoms. The number of nitrogens with one attached hydrogen (secondary N) is 1. The van der Waals surface area contributed by atoms with E-state index in [0.29, 0.717) is 24.7 Å². The second-order valence-electron chi connectivity index (χ2n) is 5.57. The van der Waals surface area contributed by atoms with Gasteiger partial charge in [-0.1, -0.05) is 19.9 Å². The van der Waals surface area contributed by atoms with Crippen LogP contribution in [0.4, 0.5) is 11.4 Å². The monoisotopic (exact) mass is 378 g/mol. The predicted molar refractivity (Wildman–Crippen MR) is 101 cm³/mol. The van der Waals surface area contributed by atoms with Crippen LogP contribution in [0.15, 0.2) is 29.6 Å². The lowest BCUT2D eigenvalue weighted by molar-refractivity contribution is -0.384. The summed E-state index contributed by atoms with van der Waals surface area (Å²) in [4.78, 5) is 24.0. The molecule has 7 nitrogen and oxygen atoms in total. The lowest BCUT2D eigenvalue weighted by atomic mass is 10.2. The summed E-state index contributed by atoms with van der Waals surface area (Å²) in [5, 5.41) is 15.9. The molecule has 1 heterocycles. The summed E-state index contributed by atoms with van der Waals surface area (Å²) in [7, 11) is 0. The van der Waals surface area contributed by atoms with E-state index in [4.69, 9.17) is 9.47 Å². The third-order valence-corrected chi connectivity index (χ3v) is 4.25. The first-order valence-electron chi connectivity index (χ1n) is 8.45. The fourth-order valence-electron chi connectivity index (χ4n) is 2.22. The molecule has 0 saturated carbocycles. The minimum absolute atomic E-state index is 0.103. The van der Waals surface area contributed by atoms with Crippen molar-refractivity contribution in [3.05, 3.63) is 44.6 Å². The van der Waals surface area contributed by atoms with Gasteiger partial charge >= 0.3 is 0 Å². The summed E-state index contributed by atoms with van der Waals surface area (Å²) in [6, 6.07) is 6.47. The van der Waals surface area contributed by atoms with Crippen molar-refractivity contribution in [2.75, 3.05) is 18.5 Å². The van der Waals surface area contributed by atoms with E-state index < -0.39 is 4.92 Å². The fraction of sp³-hybridized carbons (Fsp3) is 0.389. The summed E-state index contributed by atoms with van der Waals surface area (Å²) >= 11 is 1.46. The number of anilines is 1. The zero-order valence-electron chi connectivity index (χ0n) is 14.8. The molecule has 0 unspecified atom stereocenters. The molecule has 0 atom stereocenters. The van der Waals surface area contributed by atoms with E-state index >= 15 is 0 Å². The van der Waals surface area contributed by atoms with Crippen molar-refractivity contribution in [3.8, 4) is 11.5 Å². The molecule has 1 aromatic carbocycles. The summed E-state index contributed by atoms with van der Waals surface area (Å²) in [6.07, 6.45) is 1.71. The maximum Gasteiger partial charge on any atom is 0.296 e. The second kappa shape index (κ2) is 9.76. The number of nitrogens with zero attached hydrogens (tertiary/aromatic N) is 1. The number of carbonyl (C=O) groups is 1. The Morgan fingerprint density at radius 1 is 1.19 bits per heavy atom. The van der Waals surface area contributed by atoms with Crippen LogP contribution >= 0.6 is 11.3 Å². The van der Waals surface area contributed by atoms with E-state index in [1.54, 1.807) is 0 Å². The number of thiophene rings is 1. The van der Waals surface area contributed by atoms with Crippen LogP contribution in [-0.2, 0) is 11.2 Å². The van der Waals surface area contributed by atoms with Crippen LogP contribution in [0.3, 0.4) is 0 Å². The molecule has 26 heavy (non-hydrogen) atoms. The number of benzene rings is 1. The summed E-state index contributed by atoms with van der Waals surface area (Å²) < 4.78 is 11.2. The van der Waals surface area contributed by atoms with Crippen LogP contribution in [0.5, 0.6) is 11.5 Å². The fourth-order valence-corrected chi connectivity index (χ4v) is 2.92. The Balaban J connectivity index is 2.29. The number of hydrogen-bond donors (Lipinski definition) is 1. The molecule has 0 aliphatic heterocycles. The Kier molecular flexibility index (Phi) is 7.40. The molecule has 2 rings (SSSR count). The minimum Gasteiger partial charge on any atom is -0.490 e. The van der Waals surface area contributed by atoms with Crippen LogP contribution in [-0.4, -0.2) is 24.0 Å². The Morgan fingerprint density at radius 2 is 1.85 bits per heavy atom. The van der Waals surface area contributed by atoms with Gasteiger partial charge in [0.1, 0.15) is 5.69 Å². The van der Waals surface area contributed by atoms with Gasteiger partial charge in [0.15, 0.2) is 11.5 Å². The van der Waals surface area contributed by atoms with Crippen molar-refractivity contribution in [2.45, 2.75) is 33.1 Å². The summed E-state index contributed by atoms with van der Waals surface area (Å²) in [6.45, 7) is 4.77. The van der Waals surface area contributed by atoms with E-state index in [1.165, 1.54) is 23.5 Å². The van der Waals surface area contributed by atoms with E-state index in [0.717, 1.165) is 17.7 Å². The van der Waals surface area contributed by atoms with Crippen LogP contribution in [0, 0.1) is 10.1 Å². The normalized spacial score (nSPS) is 10.4. The third-order valence-electron chi connectivity index (χ3n) is 3.37. The summed E-state index contributed by atoms with van der Waals surface area (Å²) in [5.41, 5.74) is -0.119. The van der Waals surface area contributed by atoms with Crippen molar-refractivity contribution in [3.63, 3.8) is 0 Å². The van der Waals surface area contributed by atoms with Gasteiger partial charge in [-0.25, -0.2) is 0 Å². The highest BCUT2D eigenvalue weighted by atomic mass is 32.1. The first-order valence-corrected chi connectivity index (χ1v) is 9.33. The lowest BCUT2D eigenvalue weighted by Gasteiger charge is -2.14. The average molecular weight is 378 g/mol. The molecule has 1 aromatic heterocycles. The number of nitro groups is 1. The Hall–Kier alpha value is -2.61. The molecule has 0 aliphatic carbocycles. The Morgan fingerprint density at radius 3 is 2.38 bits per heavy atom. The highest BCUT2D eigenvalue weighted by Gasteiger charge is 2.22. The topological polar surface area (TPSA) is 90.7 Å². The number of carbonyl (C=O) groups excluding carboxylic acids is 1. The molecule has 1 amide bonds. The number of rotatable bonds is 10. The van der Waals surface area contributed by atoms with Crippen molar-refractivity contribution in [2.24, 2.45) is 0 Å². The van der Waals surface area contributed by atoms with Crippen molar-refractivity contribution >= 4 is 28.6 Å². The van der Waals surface area contributed by atoms with Crippen molar-refractivity contribution in [1.29, 1.82) is 0 Å². The van der Waals surface area contributed by atoms with Crippen molar-refractivity contribution < 1.29 is 19.2 Å². The predicted octanol–water partition coefficient (Wildman–Crippen LogP) is 4.42. The quantitative estimate of drug-likeness (QED) is 0.488. The lowest BCUT2D eigenvalue weighted by Crippen LogP contribution is -2.15. The first kappa shape index (κ1) is 19.7. The van der Waals surface area contributed by atoms with E-state index in [9.17, 15) is 14.9 Å². The van der Waals surface area contributed by atoms with Crippen LogP contribution in [0.25, 0.3) is 0 Å². The van der Waals surface area contributed by atoms with E-state index in [2.05, 4.69) is 5.32 Å². The highest BCUT2D eigenvalue weighted by Crippen LogP contribution is 2.38. The average Bonchev–Trinajstić information content (AvgIpc) is 3.11. The zero-order valence-corrected chi connectivity index (χ0v) is 15.6. The minimum atomic E-state index is -0.539. The maximum atomic E-state index is 12.2. The Labute approximate surface area is 156 Å². The van der Waals surface area contributed by atoms with E-state index in [1.807, 2.05) is 31.4 Å². The molecule has 8 heteroatoms. The summed E-state index contributed by atoms with van der Waals surface area (Å²) in [5.74, 6) is 0.375. The number of hydrogen-bond acceptors (Lipinski definition) is 6. The molecular weight excluding hydrogens is 356 g/mol. The number of nitro benzene ring substituents is 1. The van der Waals surface area contributed by atoms with Gasteiger partial charge in [-0.05, 0) is 24.3 Å². The van der Waals surface area contributed by atoms with Gasteiger partial charge in [0.05, 0.1) is 30.6 Å². The van der Waals surface area contributed by atoms with Crippen LogP contribution in [0.1, 0.15) is 31.6 Å². The standard InChI is InChI=1S/C18H22N2O5S/c1-3-7-24-16-11-14(19-18(21)10-13-6-5-9-26-13)15(20(22)23)12-17(16)25-8-4-2/h5-6,9,11-12H,3-4,7-8,10H2,1-2H3,(H,19,21). The van der Waals surface area contributed by atoms with Crippen molar-refractivity contribution in [1.82, 2.24) is 0 Å².